The fraction of sp³-hybridized carbons (Fsp3) is 0.387. The average Bonchev–Trinajstić information content (AvgIpc) is 2.95. The molecule has 0 radical (unpaired) electrons. The summed E-state index contributed by atoms with van der Waals surface area (Å²) < 4.78 is 11.3. The SMILES string of the molecule is CCCCCCCCCOc1ccc(OC(=O)c2ccc(-c3ncc(CCC)cn3)cc2)c(C#N)c1C#N. The van der Waals surface area contributed by atoms with Gasteiger partial charge in [-0.2, -0.15) is 10.5 Å². The van der Waals surface area contributed by atoms with E-state index < -0.39 is 5.97 Å². The molecule has 38 heavy (non-hydrogen) atoms. The third-order valence-electron chi connectivity index (χ3n) is 6.18. The third-order valence-corrected chi connectivity index (χ3v) is 6.18. The van der Waals surface area contributed by atoms with Crippen LogP contribution in [0.4, 0.5) is 0 Å². The van der Waals surface area contributed by atoms with E-state index in [1.165, 1.54) is 31.7 Å². The normalized spacial score (nSPS) is 10.4. The van der Waals surface area contributed by atoms with Gasteiger partial charge < -0.3 is 9.47 Å². The highest BCUT2D eigenvalue weighted by molar-refractivity contribution is 5.92. The zero-order valence-corrected chi connectivity index (χ0v) is 22.2. The molecule has 3 aromatic rings. The molecule has 196 valence electrons. The number of aromatic nitrogens is 2. The van der Waals surface area contributed by atoms with Crippen molar-refractivity contribution >= 4 is 5.97 Å². The fourth-order valence-electron chi connectivity index (χ4n) is 4.07. The van der Waals surface area contributed by atoms with Crippen molar-refractivity contribution in [1.29, 1.82) is 10.5 Å². The number of hydrogen-bond acceptors (Lipinski definition) is 7. The quantitative estimate of drug-likeness (QED) is 0.128. The van der Waals surface area contributed by atoms with E-state index in [1.807, 2.05) is 24.5 Å². The molecule has 0 atom stereocenters. The van der Waals surface area contributed by atoms with E-state index in [1.54, 1.807) is 30.3 Å². The van der Waals surface area contributed by atoms with Gasteiger partial charge in [-0.05, 0) is 42.7 Å². The highest BCUT2D eigenvalue weighted by Crippen LogP contribution is 2.30. The summed E-state index contributed by atoms with van der Waals surface area (Å²) in [4.78, 5) is 21.6. The number of nitrogens with zero attached hydrogens (tertiary/aromatic N) is 4. The molecule has 0 bridgehead atoms. The van der Waals surface area contributed by atoms with Crippen molar-refractivity contribution in [2.75, 3.05) is 6.61 Å². The molecule has 0 saturated carbocycles. The Morgan fingerprint density at radius 3 is 2.03 bits per heavy atom. The van der Waals surface area contributed by atoms with Crippen molar-refractivity contribution in [3.63, 3.8) is 0 Å². The van der Waals surface area contributed by atoms with E-state index in [9.17, 15) is 15.3 Å². The Hall–Kier alpha value is -4.23. The average molecular weight is 511 g/mol. The Morgan fingerprint density at radius 1 is 0.789 bits per heavy atom. The largest absolute Gasteiger partial charge is 0.492 e. The van der Waals surface area contributed by atoms with Crippen molar-refractivity contribution < 1.29 is 14.3 Å². The van der Waals surface area contributed by atoms with Gasteiger partial charge in [-0.15, -0.1) is 0 Å². The van der Waals surface area contributed by atoms with Gasteiger partial charge in [0.2, 0.25) is 0 Å². The van der Waals surface area contributed by atoms with Crippen LogP contribution >= 0.6 is 0 Å². The molecule has 0 saturated heterocycles. The van der Waals surface area contributed by atoms with E-state index in [2.05, 4.69) is 23.8 Å². The Morgan fingerprint density at radius 2 is 1.39 bits per heavy atom. The van der Waals surface area contributed by atoms with Gasteiger partial charge in [0, 0.05) is 18.0 Å². The number of unbranched alkanes of at least 4 members (excludes halogenated alkanes) is 6. The Balaban J connectivity index is 1.62. The van der Waals surface area contributed by atoms with Crippen LogP contribution in [0.3, 0.4) is 0 Å². The summed E-state index contributed by atoms with van der Waals surface area (Å²) in [6, 6.07) is 13.8. The maximum Gasteiger partial charge on any atom is 0.343 e. The lowest BCUT2D eigenvalue weighted by Gasteiger charge is -2.12. The molecule has 7 heteroatoms. The molecule has 1 heterocycles. The number of carbonyl (C=O) groups is 1. The molecule has 3 rings (SSSR count). The number of nitriles is 2. The van der Waals surface area contributed by atoms with Crippen molar-refractivity contribution in [2.24, 2.45) is 0 Å². The van der Waals surface area contributed by atoms with Crippen molar-refractivity contribution in [3.05, 3.63) is 71.0 Å². The molecule has 1 aromatic heterocycles. The minimum Gasteiger partial charge on any atom is -0.492 e. The molecule has 0 N–H and O–H groups in total. The van der Waals surface area contributed by atoms with Gasteiger partial charge in [0.05, 0.1) is 12.2 Å². The predicted molar refractivity (Wildman–Crippen MR) is 146 cm³/mol. The van der Waals surface area contributed by atoms with Gasteiger partial charge in [-0.25, -0.2) is 14.8 Å². The van der Waals surface area contributed by atoms with Gasteiger partial charge >= 0.3 is 5.97 Å². The summed E-state index contributed by atoms with van der Waals surface area (Å²) in [5, 5.41) is 19.4. The first-order valence-corrected chi connectivity index (χ1v) is 13.3. The standard InChI is InChI=1S/C31H34N4O3/c1-3-5-6-7-8-9-10-18-37-28-16-17-29(27(20-33)26(28)19-32)38-31(36)25-14-12-24(13-15-25)30-34-21-23(11-4-2)22-35-30/h12-17,21-22H,3-11,18H2,1-2H3. The van der Waals surface area contributed by atoms with Crippen LogP contribution in [0.5, 0.6) is 11.5 Å². The minimum atomic E-state index is -0.632. The lowest BCUT2D eigenvalue weighted by Crippen LogP contribution is -2.10. The second-order valence-electron chi connectivity index (χ2n) is 9.14. The van der Waals surface area contributed by atoms with Gasteiger partial charge in [0.15, 0.2) is 11.6 Å². The van der Waals surface area contributed by atoms with Gasteiger partial charge in [0.25, 0.3) is 0 Å². The monoisotopic (exact) mass is 510 g/mol. The first kappa shape index (κ1) is 28.3. The summed E-state index contributed by atoms with van der Waals surface area (Å²) in [5.41, 5.74) is 2.21. The number of aryl methyl sites for hydroxylation is 1. The first-order valence-electron chi connectivity index (χ1n) is 13.3. The first-order chi connectivity index (χ1) is 18.6. The van der Waals surface area contributed by atoms with Crippen molar-refractivity contribution in [3.8, 4) is 35.0 Å². The van der Waals surface area contributed by atoms with Crippen molar-refractivity contribution in [2.45, 2.75) is 71.6 Å². The van der Waals surface area contributed by atoms with E-state index in [-0.39, 0.29) is 16.9 Å². The second kappa shape index (κ2) is 15.1. The third kappa shape index (κ3) is 7.88. The molecule has 0 amide bonds. The lowest BCUT2D eigenvalue weighted by atomic mass is 10.1. The molecule has 0 aliphatic heterocycles. The van der Waals surface area contributed by atoms with Crippen LogP contribution in [0.1, 0.15) is 92.3 Å². The van der Waals surface area contributed by atoms with Crippen LogP contribution in [-0.4, -0.2) is 22.5 Å². The zero-order valence-electron chi connectivity index (χ0n) is 22.2. The van der Waals surface area contributed by atoms with Crippen molar-refractivity contribution in [1.82, 2.24) is 9.97 Å². The lowest BCUT2D eigenvalue weighted by molar-refractivity contribution is 0.0734. The topological polar surface area (TPSA) is 109 Å². The second-order valence-corrected chi connectivity index (χ2v) is 9.14. The summed E-state index contributed by atoms with van der Waals surface area (Å²) in [7, 11) is 0. The van der Waals surface area contributed by atoms with Gasteiger partial charge in [0.1, 0.15) is 29.0 Å². The molecule has 0 unspecified atom stereocenters. The molecule has 0 spiro atoms. The van der Waals surface area contributed by atoms with E-state index in [4.69, 9.17) is 9.47 Å². The highest BCUT2D eigenvalue weighted by Gasteiger charge is 2.19. The number of carbonyl (C=O) groups excluding carboxylic acids is 1. The Kier molecular flexibility index (Phi) is 11.3. The molecule has 2 aromatic carbocycles. The number of rotatable bonds is 14. The van der Waals surface area contributed by atoms with E-state index >= 15 is 0 Å². The molecule has 0 aliphatic carbocycles. The zero-order chi connectivity index (χ0) is 27.2. The maximum atomic E-state index is 12.8. The Bertz CT molecular complexity index is 1270. The van der Waals surface area contributed by atoms with Crippen LogP contribution in [-0.2, 0) is 6.42 Å². The molecule has 0 aliphatic rings. The van der Waals surface area contributed by atoms with Crippen LogP contribution in [0, 0.1) is 22.7 Å². The summed E-state index contributed by atoms with van der Waals surface area (Å²) in [5.74, 6) is 0.288. The molecule has 0 fully saturated rings. The summed E-state index contributed by atoms with van der Waals surface area (Å²) >= 11 is 0. The van der Waals surface area contributed by atoms with Crippen LogP contribution in [0.2, 0.25) is 0 Å². The minimum absolute atomic E-state index is 0.0184. The number of esters is 1. The predicted octanol–water partition coefficient (Wildman–Crippen LogP) is 7.19. The molecule has 7 nitrogen and oxygen atoms in total. The number of benzene rings is 2. The van der Waals surface area contributed by atoms with Gasteiger partial charge in [-0.1, -0.05) is 70.9 Å². The van der Waals surface area contributed by atoms with E-state index in [0.29, 0.717) is 23.7 Å². The summed E-state index contributed by atoms with van der Waals surface area (Å²) in [6.45, 7) is 4.76. The molecular weight excluding hydrogens is 476 g/mol. The van der Waals surface area contributed by atoms with Crippen LogP contribution in [0.15, 0.2) is 48.8 Å². The fourth-order valence-corrected chi connectivity index (χ4v) is 4.07. The van der Waals surface area contributed by atoms with Gasteiger partial charge in [-0.3, -0.25) is 0 Å². The molecular formula is C31H34N4O3. The summed E-state index contributed by atoms with van der Waals surface area (Å²) in [6.07, 6.45) is 13.6. The van der Waals surface area contributed by atoms with E-state index in [0.717, 1.165) is 43.2 Å². The smallest absolute Gasteiger partial charge is 0.343 e. The van der Waals surface area contributed by atoms with Crippen LogP contribution < -0.4 is 9.47 Å². The van der Waals surface area contributed by atoms with Crippen LogP contribution in [0.25, 0.3) is 11.4 Å². The highest BCUT2D eigenvalue weighted by atomic mass is 16.5. The number of ether oxygens (including phenoxy) is 2. The Labute approximate surface area is 225 Å². The number of hydrogen-bond donors (Lipinski definition) is 0. The maximum absolute atomic E-state index is 12.8.